The lowest BCUT2D eigenvalue weighted by Crippen LogP contribution is -2.11. The van der Waals surface area contributed by atoms with Gasteiger partial charge in [0.1, 0.15) is 11.6 Å². The Morgan fingerprint density at radius 3 is 2.63 bits per heavy atom. The highest BCUT2D eigenvalue weighted by atomic mass is 32.2. The van der Waals surface area contributed by atoms with Crippen molar-refractivity contribution >= 4 is 17.6 Å². The third kappa shape index (κ3) is 3.17. The minimum absolute atomic E-state index is 0.0984. The number of nitrogens with two attached hydrogens (primary N) is 1. The lowest BCUT2D eigenvalue weighted by molar-refractivity contribution is 0.431. The molecule has 1 heterocycles. The van der Waals surface area contributed by atoms with E-state index in [0.717, 1.165) is 28.3 Å². The van der Waals surface area contributed by atoms with E-state index in [2.05, 4.69) is 4.98 Å². The Kier molecular flexibility index (Phi) is 3.95. The zero-order valence-electron chi connectivity index (χ0n) is 11.3. The average Bonchev–Trinajstić information content (AvgIpc) is 2.67. The summed E-state index contributed by atoms with van der Waals surface area (Å²) in [6.45, 7) is 5.88. The SMILES string of the molecule is Cc1cc(C(=N)N)ccc1CSc1nc(C)c(C)o1. The summed E-state index contributed by atoms with van der Waals surface area (Å²) in [4.78, 5) is 4.34. The maximum atomic E-state index is 7.41. The maximum Gasteiger partial charge on any atom is 0.256 e. The summed E-state index contributed by atoms with van der Waals surface area (Å²) in [7, 11) is 0. The van der Waals surface area contributed by atoms with Crippen molar-refractivity contribution in [3.8, 4) is 0 Å². The van der Waals surface area contributed by atoms with Crippen LogP contribution in [0.1, 0.15) is 28.1 Å². The zero-order chi connectivity index (χ0) is 14.0. The molecule has 0 amide bonds. The van der Waals surface area contributed by atoms with E-state index in [1.165, 1.54) is 5.56 Å². The topological polar surface area (TPSA) is 75.9 Å². The lowest BCUT2D eigenvalue weighted by atomic mass is 10.1. The Labute approximate surface area is 116 Å². The number of thioether (sulfide) groups is 1. The van der Waals surface area contributed by atoms with Gasteiger partial charge in [0.05, 0.1) is 5.69 Å². The predicted octanol–water partition coefficient (Wildman–Crippen LogP) is 3.18. The van der Waals surface area contributed by atoms with E-state index >= 15 is 0 Å². The summed E-state index contributed by atoms with van der Waals surface area (Å²) in [6, 6.07) is 5.81. The molecular formula is C14H17N3OS. The Bertz CT molecular complexity index is 600. The second-order valence-corrected chi connectivity index (χ2v) is 5.39. The number of amidine groups is 1. The van der Waals surface area contributed by atoms with E-state index in [4.69, 9.17) is 15.6 Å². The number of rotatable bonds is 4. The molecular weight excluding hydrogens is 258 g/mol. The quantitative estimate of drug-likeness (QED) is 0.510. The minimum Gasteiger partial charge on any atom is -0.437 e. The summed E-state index contributed by atoms with van der Waals surface area (Å²) in [5, 5.41) is 8.11. The summed E-state index contributed by atoms with van der Waals surface area (Å²) < 4.78 is 5.54. The maximum absolute atomic E-state index is 7.41. The standard InChI is InChI=1S/C14H17N3OS/c1-8-6-11(13(15)16)4-5-12(8)7-19-14-17-9(2)10(3)18-14/h4-6H,7H2,1-3H3,(H3,15,16). The predicted molar refractivity (Wildman–Crippen MR) is 77.7 cm³/mol. The molecule has 2 rings (SSSR count). The molecule has 0 aliphatic heterocycles. The van der Waals surface area contributed by atoms with Gasteiger partial charge in [-0.2, -0.15) is 0 Å². The summed E-state index contributed by atoms with van der Waals surface area (Å²) in [6.07, 6.45) is 0. The van der Waals surface area contributed by atoms with Crippen molar-refractivity contribution < 1.29 is 4.42 Å². The smallest absolute Gasteiger partial charge is 0.256 e. The van der Waals surface area contributed by atoms with Crippen LogP contribution >= 0.6 is 11.8 Å². The molecule has 0 saturated carbocycles. The fraction of sp³-hybridized carbons (Fsp3) is 0.286. The third-order valence-electron chi connectivity index (χ3n) is 3.01. The van der Waals surface area contributed by atoms with E-state index in [0.29, 0.717) is 5.22 Å². The first-order valence-corrected chi connectivity index (χ1v) is 6.96. The van der Waals surface area contributed by atoms with Crippen LogP contribution in [-0.2, 0) is 5.75 Å². The molecule has 2 aromatic rings. The average molecular weight is 275 g/mol. The molecule has 4 nitrogen and oxygen atoms in total. The number of nitrogens with zero attached hydrogens (tertiary/aromatic N) is 1. The number of aryl methyl sites for hydroxylation is 3. The van der Waals surface area contributed by atoms with E-state index in [-0.39, 0.29) is 5.84 Å². The Balaban J connectivity index is 2.09. The molecule has 1 aromatic heterocycles. The van der Waals surface area contributed by atoms with Crippen molar-refractivity contribution in [1.82, 2.24) is 4.98 Å². The van der Waals surface area contributed by atoms with Crippen LogP contribution in [0, 0.1) is 26.2 Å². The summed E-state index contributed by atoms with van der Waals surface area (Å²) >= 11 is 1.57. The molecule has 0 aliphatic carbocycles. The van der Waals surface area contributed by atoms with E-state index in [1.807, 2.05) is 39.0 Å². The van der Waals surface area contributed by atoms with Gasteiger partial charge in [0.15, 0.2) is 0 Å². The van der Waals surface area contributed by atoms with Crippen molar-refractivity contribution in [3.63, 3.8) is 0 Å². The summed E-state index contributed by atoms with van der Waals surface area (Å²) in [5.74, 6) is 1.76. The van der Waals surface area contributed by atoms with Gasteiger partial charge in [-0.1, -0.05) is 23.9 Å². The van der Waals surface area contributed by atoms with E-state index in [1.54, 1.807) is 11.8 Å². The number of hydrogen-bond donors (Lipinski definition) is 2. The number of oxazole rings is 1. The highest BCUT2D eigenvalue weighted by molar-refractivity contribution is 7.98. The second kappa shape index (κ2) is 5.48. The minimum atomic E-state index is 0.0984. The van der Waals surface area contributed by atoms with Gasteiger partial charge in [0, 0.05) is 11.3 Å². The molecule has 0 atom stereocenters. The van der Waals surface area contributed by atoms with Crippen LogP contribution in [0.4, 0.5) is 0 Å². The molecule has 5 heteroatoms. The van der Waals surface area contributed by atoms with Crippen LogP contribution < -0.4 is 5.73 Å². The van der Waals surface area contributed by atoms with Crippen LogP contribution in [0.15, 0.2) is 27.8 Å². The normalized spacial score (nSPS) is 10.7. The highest BCUT2D eigenvalue weighted by Crippen LogP contribution is 2.25. The molecule has 0 saturated heterocycles. The van der Waals surface area contributed by atoms with E-state index in [9.17, 15) is 0 Å². The lowest BCUT2D eigenvalue weighted by Gasteiger charge is -2.06. The number of benzene rings is 1. The Hall–Kier alpha value is -1.75. The first-order chi connectivity index (χ1) is 8.97. The summed E-state index contributed by atoms with van der Waals surface area (Å²) in [5.41, 5.74) is 9.49. The van der Waals surface area contributed by atoms with Crippen molar-refractivity contribution in [2.24, 2.45) is 5.73 Å². The van der Waals surface area contributed by atoms with Crippen LogP contribution in [0.3, 0.4) is 0 Å². The molecule has 3 N–H and O–H groups in total. The van der Waals surface area contributed by atoms with Crippen molar-refractivity contribution in [2.75, 3.05) is 0 Å². The first-order valence-electron chi connectivity index (χ1n) is 5.98. The third-order valence-corrected chi connectivity index (χ3v) is 3.89. The Morgan fingerprint density at radius 1 is 1.37 bits per heavy atom. The molecule has 0 fully saturated rings. The Morgan fingerprint density at radius 2 is 2.11 bits per heavy atom. The zero-order valence-corrected chi connectivity index (χ0v) is 12.1. The first kappa shape index (κ1) is 13.7. The molecule has 100 valence electrons. The largest absolute Gasteiger partial charge is 0.437 e. The molecule has 0 spiro atoms. The van der Waals surface area contributed by atoms with Gasteiger partial charge in [-0.3, -0.25) is 5.41 Å². The molecule has 0 radical (unpaired) electrons. The number of hydrogen-bond acceptors (Lipinski definition) is 4. The fourth-order valence-corrected chi connectivity index (χ4v) is 2.66. The number of nitrogens with one attached hydrogen (secondary N) is 1. The van der Waals surface area contributed by atoms with Gasteiger partial charge in [0.2, 0.25) is 0 Å². The second-order valence-electron chi connectivity index (χ2n) is 4.46. The van der Waals surface area contributed by atoms with Crippen molar-refractivity contribution in [2.45, 2.75) is 31.7 Å². The number of aromatic nitrogens is 1. The van der Waals surface area contributed by atoms with Gasteiger partial charge < -0.3 is 10.2 Å². The van der Waals surface area contributed by atoms with Crippen LogP contribution in [-0.4, -0.2) is 10.8 Å². The van der Waals surface area contributed by atoms with Gasteiger partial charge in [0.25, 0.3) is 5.22 Å². The van der Waals surface area contributed by atoms with Gasteiger partial charge in [-0.05, 0) is 38.0 Å². The van der Waals surface area contributed by atoms with Crippen LogP contribution in [0.2, 0.25) is 0 Å². The van der Waals surface area contributed by atoms with Crippen molar-refractivity contribution in [1.29, 1.82) is 5.41 Å². The molecule has 0 bridgehead atoms. The fourth-order valence-electron chi connectivity index (χ4n) is 1.67. The van der Waals surface area contributed by atoms with Gasteiger partial charge in [-0.15, -0.1) is 0 Å². The number of nitrogen functional groups attached to an aromatic ring is 1. The monoisotopic (exact) mass is 275 g/mol. The van der Waals surface area contributed by atoms with Crippen LogP contribution in [0.25, 0.3) is 0 Å². The van der Waals surface area contributed by atoms with Crippen molar-refractivity contribution in [3.05, 3.63) is 46.3 Å². The molecule has 0 unspecified atom stereocenters. The highest BCUT2D eigenvalue weighted by Gasteiger charge is 2.08. The molecule has 0 aliphatic rings. The van der Waals surface area contributed by atoms with E-state index < -0.39 is 0 Å². The van der Waals surface area contributed by atoms with Gasteiger partial charge in [-0.25, -0.2) is 4.98 Å². The van der Waals surface area contributed by atoms with Crippen LogP contribution in [0.5, 0.6) is 0 Å². The van der Waals surface area contributed by atoms with Gasteiger partial charge >= 0.3 is 0 Å². The molecule has 1 aromatic carbocycles. The molecule has 19 heavy (non-hydrogen) atoms.